The van der Waals surface area contributed by atoms with Crippen LogP contribution in [0.15, 0.2) is 64.4 Å². The van der Waals surface area contributed by atoms with E-state index in [1.54, 1.807) is 45.0 Å². The minimum Gasteiger partial charge on any atom is -0.297 e. The van der Waals surface area contributed by atoms with Crippen molar-refractivity contribution < 1.29 is 13.2 Å². The Morgan fingerprint density at radius 3 is 2.00 bits per heavy atom. The molecule has 2 aromatic rings. The van der Waals surface area contributed by atoms with E-state index >= 15 is 0 Å². The van der Waals surface area contributed by atoms with Crippen molar-refractivity contribution >= 4 is 27.4 Å². The quantitative estimate of drug-likeness (QED) is 0.735. The van der Waals surface area contributed by atoms with E-state index in [1.807, 2.05) is 37.3 Å². The zero-order valence-electron chi connectivity index (χ0n) is 14.3. The summed E-state index contributed by atoms with van der Waals surface area (Å²) in [5.41, 5.74) is 0.230. The summed E-state index contributed by atoms with van der Waals surface area (Å²) in [4.78, 5) is 13.8. The number of hydrogen-bond donors (Lipinski definition) is 0. The van der Waals surface area contributed by atoms with Gasteiger partial charge >= 0.3 is 0 Å². The molecular formula is C19H22O3S2. The summed E-state index contributed by atoms with van der Waals surface area (Å²) < 4.78 is 25.0. The van der Waals surface area contributed by atoms with E-state index in [4.69, 9.17) is 0 Å². The van der Waals surface area contributed by atoms with E-state index in [2.05, 4.69) is 0 Å². The SMILES string of the molecule is Cc1ccc(S(=O)(=O)C(Sc2ccccc2)C(=O)C(C)(C)C)cc1. The fourth-order valence-corrected chi connectivity index (χ4v) is 5.68. The third-order valence-corrected chi connectivity index (χ3v) is 7.30. The lowest BCUT2D eigenvalue weighted by Gasteiger charge is -2.24. The Bertz CT molecular complexity index is 802. The number of thioether (sulfide) groups is 1. The average Bonchev–Trinajstić information content (AvgIpc) is 2.52. The summed E-state index contributed by atoms with van der Waals surface area (Å²) in [6, 6.07) is 15.8. The van der Waals surface area contributed by atoms with Gasteiger partial charge in [0, 0.05) is 10.3 Å². The van der Waals surface area contributed by atoms with Gasteiger partial charge in [-0.05, 0) is 31.2 Å². The van der Waals surface area contributed by atoms with Crippen LogP contribution in [-0.4, -0.2) is 18.8 Å². The molecule has 0 amide bonds. The molecule has 0 spiro atoms. The molecule has 0 aliphatic carbocycles. The molecule has 0 saturated heterocycles. The van der Waals surface area contributed by atoms with Crippen molar-refractivity contribution in [3.63, 3.8) is 0 Å². The Morgan fingerprint density at radius 2 is 1.50 bits per heavy atom. The van der Waals surface area contributed by atoms with Crippen molar-refractivity contribution in [2.24, 2.45) is 5.41 Å². The van der Waals surface area contributed by atoms with Crippen molar-refractivity contribution in [2.45, 2.75) is 42.1 Å². The van der Waals surface area contributed by atoms with Gasteiger partial charge in [-0.15, -0.1) is 0 Å². The molecule has 0 bridgehead atoms. The summed E-state index contributed by atoms with van der Waals surface area (Å²) in [7, 11) is -3.78. The molecule has 3 nitrogen and oxygen atoms in total. The van der Waals surface area contributed by atoms with Crippen LogP contribution < -0.4 is 0 Å². The van der Waals surface area contributed by atoms with Gasteiger partial charge in [-0.1, -0.05) is 68.4 Å². The largest absolute Gasteiger partial charge is 0.297 e. The zero-order chi connectivity index (χ0) is 18.0. The molecular weight excluding hydrogens is 340 g/mol. The number of rotatable bonds is 5. The lowest BCUT2D eigenvalue weighted by atomic mass is 9.92. The van der Waals surface area contributed by atoms with E-state index in [9.17, 15) is 13.2 Å². The molecule has 0 radical (unpaired) electrons. The molecule has 0 aromatic heterocycles. The standard InChI is InChI=1S/C19H22O3S2/c1-14-10-12-16(13-11-14)24(21,22)18(17(20)19(2,3)4)23-15-8-6-5-7-9-15/h5-13,18H,1-4H3. The Kier molecular flexibility index (Phi) is 5.56. The summed E-state index contributed by atoms with van der Waals surface area (Å²) in [6.45, 7) is 7.14. The molecule has 0 heterocycles. The Balaban J connectivity index is 2.48. The van der Waals surface area contributed by atoms with Gasteiger partial charge in [0.2, 0.25) is 0 Å². The van der Waals surface area contributed by atoms with Gasteiger partial charge in [-0.2, -0.15) is 0 Å². The van der Waals surface area contributed by atoms with Crippen molar-refractivity contribution in [1.29, 1.82) is 0 Å². The lowest BCUT2D eigenvalue weighted by molar-refractivity contribution is -0.124. The van der Waals surface area contributed by atoms with E-state index in [0.717, 1.165) is 22.2 Å². The highest BCUT2D eigenvalue weighted by Crippen LogP contribution is 2.35. The van der Waals surface area contributed by atoms with Crippen LogP contribution in [0.1, 0.15) is 26.3 Å². The summed E-state index contributed by atoms with van der Waals surface area (Å²) in [5, 5.41) is 0. The zero-order valence-corrected chi connectivity index (χ0v) is 15.9. The molecule has 0 saturated carbocycles. The Morgan fingerprint density at radius 1 is 0.958 bits per heavy atom. The predicted octanol–water partition coefficient (Wildman–Crippen LogP) is 4.50. The van der Waals surface area contributed by atoms with Gasteiger partial charge in [0.15, 0.2) is 20.2 Å². The molecule has 5 heteroatoms. The number of hydrogen-bond acceptors (Lipinski definition) is 4. The highest BCUT2D eigenvalue weighted by molar-refractivity contribution is 8.14. The fourth-order valence-electron chi connectivity index (χ4n) is 2.09. The van der Waals surface area contributed by atoms with Gasteiger partial charge in [0.05, 0.1) is 4.90 Å². The second kappa shape index (κ2) is 7.11. The van der Waals surface area contributed by atoms with Crippen LogP contribution in [0, 0.1) is 12.3 Å². The number of benzene rings is 2. The van der Waals surface area contributed by atoms with Gasteiger partial charge in [-0.25, -0.2) is 8.42 Å². The molecule has 1 atom stereocenters. The van der Waals surface area contributed by atoms with Crippen molar-refractivity contribution in [3.8, 4) is 0 Å². The monoisotopic (exact) mass is 362 g/mol. The number of Topliss-reactive ketones (excluding diaryl/α,β-unsaturated/α-hetero) is 1. The Labute approximate surface area is 148 Å². The third-order valence-electron chi connectivity index (χ3n) is 3.57. The van der Waals surface area contributed by atoms with Crippen LogP contribution >= 0.6 is 11.8 Å². The Hall–Kier alpha value is -1.59. The maximum Gasteiger partial charge on any atom is 0.198 e. The van der Waals surface area contributed by atoms with Gasteiger partial charge in [0.1, 0.15) is 0 Å². The molecule has 24 heavy (non-hydrogen) atoms. The molecule has 128 valence electrons. The highest BCUT2D eigenvalue weighted by atomic mass is 32.3. The molecule has 2 aromatic carbocycles. The second-order valence-electron chi connectivity index (χ2n) is 6.74. The average molecular weight is 363 g/mol. The summed E-state index contributed by atoms with van der Waals surface area (Å²) >= 11 is 1.09. The topological polar surface area (TPSA) is 51.2 Å². The molecule has 0 fully saturated rings. The van der Waals surface area contributed by atoms with Crippen LogP contribution in [0.5, 0.6) is 0 Å². The minimum atomic E-state index is -3.78. The maximum absolute atomic E-state index is 13.1. The predicted molar refractivity (Wildman–Crippen MR) is 98.9 cm³/mol. The van der Waals surface area contributed by atoms with Gasteiger partial charge in [0.25, 0.3) is 0 Å². The van der Waals surface area contributed by atoms with E-state index in [-0.39, 0.29) is 10.7 Å². The number of sulfone groups is 1. The summed E-state index contributed by atoms with van der Waals surface area (Å²) in [6.07, 6.45) is 0. The van der Waals surface area contributed by atoms with Crippen molar-refractivity contribution in [3.05, 3.63) is 60.2 Å². The van der Waals surface area contributed by atoms with Crippen LogP contribution in [0.25, 0.3) is 0 Å². The van der Waals surface area contributed by atoms with E-state index in [1.165, 1.54) is 0 Å². The fraction of sp³-hybridized carbons (Fsp3) is 0.316. The molecule has 1 unspecified atom stereocenters. The normalized spacial score (nSPS) is 13.5. The first-order valence-electron chi connectivity index (χ1n) is 7.69. The lowest BCUT2D eigenvalue weighted by Crippen LogP contribution is -2.36. The first kappa shape index (κ1) is 18.7. The van der Waals surface area contributed by atoms with Crippen molar-refractivity contribution in [2.75, 3.05) is 0 Å². The maximum atomic E-state index is 13.1. The van der Waals surface area contributed by atoms with Crippen LogP contribution in [0.4, 0.5) is 0 Å². The molecule has 0 aliphatic heterocycles. The van der Waals surface area contributed by atoms with Crippen LogP contribution in [0.3, 0.4) is 0 Å². The molecule has 2 rings (SSSR count). The summed E-state index contributed by atoms with van der Waals surface area (Å²) in [5.74, 6) is -0.295. The van der Waals surface area contributed by atoms with Crippen LogP contribution in [-0.2, 0) is 14.6 Å². The first-order chi connectivity index (χ1) is 11.1. The van der Waals surface area contributed by atoms with E-state index in [0.29, 0.717) is 0 Å². The number of carbonyl (C=O) groups is 1. The third kappa shape index (κ3) is 4.28. The molecule has 0 aliphatic rings. The van der Waals surface area contributed by atoms with Gasteiger partial charge < -0.3 is 0 Å². The van der Waals surface area contributed by atoms with Gasteiger partial charge in [-0.3, -0.25) is 4.79 Å². The first-order valence-corrected chi connectivity index (χ1v) is 10.1. The van der Waals surface area contributed by atoms with Crippen molar-refractivity contribution in [1.82, 2.24) is 0 Å². The minimum absolute atomic E-state index is 0.180. The smallest absolute Gasteiger partial charge is 0.198 e. The number of carbonyl (C=O) groups excluding carboxylic acids is 1. The van der Waals surface area contributed by atoms with E-state index < -0.39 is 19.8 Å². The van der Waals surface area contributed by atoms with Crippen LogP contribution in [0.2, 0.25) is 0 Å². The number of ketones is 1. The second-order valence-corrected chi connectivity index (χ2v) is 10.2. The highest BCUT2D eigenvalue weighted by Gasteiger charge is 2.40. The number of aryl methyl sites for hydroxylation is 1. The molecule has 0 N–H and O–H groups in total.